The van der Waals surface area contributed by atoms with Gasteiger partial charge in [-0.25, -0.2) is 14.6 Å². The van der Waals surface area contributed by atoms with E-state index in [1.54, 1.807) is 35.0 Å². The summed E-state index contributed by atoms with van der Waals surface area (Å²) in [6, 6.07) is 7.51. The highest BCUT2D eigenvalue weighted by atomic mass is 32.1. The minimum absolute atomic E-state index is 0.0886. The summed E-state index contributed by atoms with van der Waals surface area (Å²) in [7, 11) is 1.70. The largest absolute Gasteiger partial charge is 0.444 e. The van der Waals surface area contributed by atoms with Crippen LogP contribution in [0.3, 0.4) is 0 Å². The lowest BCUT2D eigenvalue weighted by molar-refractivity contribution is -0.125. The lowest BCUT2D eigenvalue weighted by Crippen LogP contribution is -2.55. The number of aliphatic hydroxyl groups is 1. The standard InChI is InChI=1S/C37H54N6O5S2/c1-24(2)33(42-36(46)43(5)20-29-22-49-35(40-29)25(3)4)34(45)39-28(16-26-12-8-6-9-13-26)18-32(44)31(17-27-14-10-7-11-15-27)41-37(47)48-21-30-19-38-23-50-30/h7,10-11,14-15,19,22-26,28,31-33,44H,6,8-9,12-13,16-18,20-21H2,1-5H3,(H,39,45)(H,41,47)(H,42,46). The molecule has 274 valence electrons. The third kappa shape index (κ3) is 12.6. The minimum Gasteiger partial charge on any atom is -0.444 e. The first kappa shape index (κ1) is 39.2. The van der Waals surface area contributed by atoms with E-state index in [1.165, 1.54) is 17.8 Å². The summed E-state index contributed by atoms with van der Waals surface area (Å²) in [5.74, 6) is 0.259. The molecule has 13 heteroatoms. The second-order valence-corrected chi connectivity index (χ2v) is 16.0. The molecular weight excluding hydrogens is 673 g/mol. The number of nitrogens with zero attached hydrogens (tertiary/aromatic N) is 3. The molecule has 1 fully saturated rings. The Morgan fingerprint density at radius 2 is 1.76 bits per heavy atom. The molecule has 1 aromatic carbocycles. The fraction of sp³-hybridized carbons (Fsp3) is 0.595. The monoisotopic (exact) mass is 726 g/mol. The molecule has 1 saturated carbocycles. The first-order chi connectivity index (χ1) is 24.0. The molecule has 1 aliphatic carbocycles. The smallest absolute Gasteiger partial charge is 0.407 e. The number of amides is 4. The van der Waals surface area contributed by atoms with Gasteiger partial charge in [-0.2, -0.15) is 0 Å². The van der Waals surface area contributed by atoms with Crippen molar-refractivity contribution in [3.8, 4) is 0 Å². The molecule has 2 aromatic heterocycles. The Kier molecular flexibility index (Phi) is 15.5. The molecule has 50 heavy (non-hydrogen) atoms. The molecule has 4 unspecified atom stereocenters. The first-order valence-electron chi connectivity index (χ1n) is 17.8. The molecule has 0 spiro atoms. The van der Waals surface area contributed by atoms with Crippen molar-refractivity contribution >= 4 is 40.7 Å². The second kappa shape index (κ2) is 19.7. The van der Waals surface area contributed by atoms with Gasteiger partial charge in [0.1, 0.15) is 12.6 Å². The summed E-state index contributed by atoms with van der Waals surface area (Å²) in [6.45, 7) is 8.41. The lowest BCUT2D eigenvalue weighted by Gasteiger charge is -2.33. The summed E-state index contributed by atoms with van der Waals surface area (Å²) < 4.78 is 5.45. The van der Waals surface area contributed by atoms with Crippen LogP contribution in [0.25, 0.3) is 0 Å². The van der Waals surface area contributed by atoms with E-state index in [1.807, 2.05) is 49.6 Å². The van der Waals surface area contributed by atoms with Crippen molar-refractivity contribution in [1.82, 2.24) is 30.8 Å². The van der Waals surface area contributed by atoms with Crippen molar-refractivity contribution in [2.75, 3.05) is 7.05 Å². The molecule has 0 bridgehead atoms. The molecule has 4 amide bonds. The molecule has 4 rings (SSSR count). The van der Waals surface area contributed by atoms with Gasteiger partial charge in [0.25, 0.3) is 0 Å². The number of urea groups is 1. The molecule has 2 heterocycles. The van der Waals surface area contributed by atoms with Crippen LogP contribution in [0.4, 0.5) is 9.59 Å². The Labute approximate surface area is 304 Å². The molecule has 3 aromatic rings. The number of aliphatic hydroxyl groups excluding tert-OH is 1. The van der Waals surface area contributed by atoms with E-state index < -0.39 is 24.3 Å². The Bertz CT molecular complexity index is 1460. The van der Waals surface area contributed by atoms with Gasteiger partial charge < -0.3 is 30.7 Å². The van der Waals surface area contributed by atoms with Crippen molar-refractivity contribution in [2.24, 2.45) is 11.8 Å². The van der Waals surface area contributed by atoms with Crippen LogP contribution in [-0.2, 0) is 29.1 Å². The number of ether oxygens (including phenoxy) is 1. The van der Waals surface area contributed by atoms with Crippen LogP contribution in [0.1, 0.15) is 99.7 Å². The summed E-state index contributed by atoms with van der Waals surface area (Å²) in [4.78, 5) is 51.2. The van der Waals surface area contributed by atoms with Gasteiger partial charge in [0, 0.05) is 30.6 Å². The fourth-order valence-corrected chi connectivity index (χ4v) is 7.67. The highest BCUT2D eigenvalue weighted by Crippen LogP contribution is 2.29. The van der Waals surface area contributed by atoms with E-state index >= 15 is 0 Å². The SMILES string of the molecule is CC(C)c1nc(CN(C)C(=O)NC(C(=O)NC(CC2CCCCC2)CC(O)C(Cc2ccccc2)NC(=O)OCc2cncs2)C(C)C)cs1. The number of carbonyl (C=O) groups excluding carboxylic acids is 3. The molecular formula is C37H54N6O5S2. The average Bonchev–Trinajstić information content (AvgIpc) is 3.79. The second-order valence-electron chi connectivity index (χ2n) is 14.1. The van der Waals surface area contributed by atoms with Gasteiger partial charge in [0.15, 0.2) is 0 Å². The maximum absolute atomic E-state index is 13.9. The van der Waals surface area contributed by atoms with Gasteiger partial charge in [0.05, 0.1) is 39.8 Å². The quantitative estimate of drug-likeness (QED) is 0.122. The molecule has 0 aliphatic heterocycles. The van der Waals surface area contributed by atoms with Crippen LogP contribution in [0.5, 0.6) is 0 Å². The van der Waals surface area contributed by atoms with Gasteiger partial charge in [-0.15, -0.1) is 22.7 Å². The van der Waals surface area contributed by atoms with Crippen LogP contribution in [0.15, 0.2) is 47.4 Å². The predicted molar refractivity (Wildman–Crippen MR) is 198 cm³/mol. The highest BCUT2D eigenvalue weighted by molar-refractivity contribution is 7.09. The molecule has 0 saturated heterocycles. The van der Waals surface area contributed by atoms with Gasteiger partial charge in [-0.05, 0) is 36.7 Å². The van der Waals surface area contributed by atoms with Crippen molar-refractivity contribution in [2.45, 2.75) is 122 Å². The Balaban J connectivity index is 1.44. The number of carbonyl (C=O) groups is 3. The van der Waals surface area contributed by atoms with Crippen LogP contribution >= 0.6 is 22.7 Å². The van der Waals surface area contributed by atoms with E-state index in [0.29, 0.717) is 31.2 Å². The summed E-state index contributed by atoms with van der Waals surface area (Å²) in [6.07, 6.45) is 7.01. The zero-order chi connectivity index (χ0) is 36.0. The van der Waals surface area contributed by atoms with Crippen molar-refractivity contribution < 1.29 is 24.2 Å². The number of hydrogen-bond donors (Lipinski definition) is 4. The number of hydrogen-bond acceptors (Lipinski definition) is 9. The van der Waals surface area contributed by atoms with Crippen molar-refractivity contribution in [3.63, 3.8) is 0 Å². The molecule has 4 N–H and O–H groups in total. The third-order valence-corrected chi connectivity index (χ3v) is 11.1. The maximum atomic E-state index is 13.9. The summed E-state index contributed by atoms with van der Waals surface area (Å²) in [5.41, 5.74) is 3.45. The van der Waals surface area contributed by atoms with Gasteiger partial charge in [0.2, 0.25) is 5.91 Å². The Morgan fingerprint density at radius 1 is 1.02 bits per heavy atom. The number of thiazole rings is 2. The van der Waals surface area contributed by atoms with Crippen LogP contribution < -0.4 is 16.0 Å². The van der Waals surface area contributed by atoms with Crippen LogP contribution in [-0.4, -0.2) is 69.3 Å². The van der Waals surface area contributed by atoms with E-state index in [0.717, 1.165) is 46.8 Å². The van der Waals surface area contributed by atoms with Crippen molar-refractivity contribution in [1.29, 1.82) is 0 Å². The summed E-state index contributed by atoms with van der Waals surface area (Å²) in [5, 5.41) is 23.7. The van der Waals surface area contributed by atoms with Crippen molar-refractivity contribution in [3.05, 3.63) is 68.6 Å². The number of benzene rings is 1. The average molecular weight is 727 g/mol. The zero-order valence-corrected chi connectivity index (χ0v) is 31.6. The Hall–Kier alpha value is -3.55. The van der Waals surface area contributed by atoms with E-state index in [-0.39, 0.29) is 36.9 Å². The van der Waals surface area contributed by atoms with Gasteiger partial charge in [-0.3, -0.25) is 9.78 Å². The number of aromatic nitrogens is 2. The highest BCUT2D eigenvalue weighted by Gasteiger charge is 2.32. The number of rotatable bonds is 17. The van der Waals surface area contributed by atoms with Gasteiger partial charge >= 0.3 is 12.1 Å². The third-order valence-electron chi connectivity index (χ3n) is 9.15. The van der Waals surface area contributed by atoms with E-state index in [2.05, 4.69) is 39.8 Å². The Morgan fingerprint density at radius 3 is 2.40 bits per heavy atom. The molecule has 1 aliphatic rings. The predicted octanol–water partition coefficient (Wildman–Crippen LogP) is 6.63. The normalized spacial score (nSPS) is 16.0. The summed E-state index contributed by atoms with van der Waals surface area (Å²) >= 11 is 2.98. The van der Waals surface area contributed by atoms with Gasteiger partial charge in [-0.1, -0.05) is 90.1 Å². The van der Waals surface area contributed by atoms with E-state index in [9.17, 15) is 19.5 Å². The topological polar surface area (TPSA) is 146 Å². The fourth-order valence-electron chi connectivity index (χ4n) is 6.33. The molecule has 4 atom stereocenters. The number of nitrogens with one attached hydrogen (secondary N) is 3. The maximum Gasteiger partial charge on any atom is 0.407 e. The first-order valence-corrected chi connectivity index (χ1v) is 19.5. The number of alkyl carbamates (subject to hydrolysis) is 1. The minimum atomic E-state index is -0.980. The molecule has 11 nitrogen and oxygen atoms in total. The lowest BCUT2D eigenvalue weighted by atomic mass is 9.83. The zero-order valence-electron chi connectivity index (χ0n) is 30.0. The van der Waals surface area contributed by atoms with Crippen LogP contribution in [0.2, 0.25) is 0 Å². The molecule has 0 radical (unpaired) electrons. The van der Waals surface area contributed by atoms with Crippen LogP contribution in [0, 0.1) is 11.8 Å². The van der Waals surface area contributed by atoms with E-state index in [4.69, 9.17) is 4.74 Å².